The predicted octanol–water partition coefficient (Wildman–Crippen LogP) is 3.50. The minimum absolute atomic E-state index is 0.116. The number of halogens is 2. The Morgan fingerprint density at radius 3 is 2.95 bits per heavy atom. The van der Waals surface area contributed by atoms with Gasteiger partial charge in [-0.1, -0.05) is 15.9 Å². The summed E-state index contributed by atoms with van der Waals surface area (Å²) < 4.78 is 13.8. The number of rotatable bonds is 4. The van der Waals surface area contributed by atoms with Crippen molar-refractivity contribution in [2.45, 2.75) is 6.54 Å². The van der Waals surface area contributed by atoms with Gasteiger partial charge in [-0.25, -0.2) is 9.37 Å². The molecular weight excluding hydrogens is 317 g/mol. The topological polar surface area (TPSA) is 68.1 Å². The SMILES string of the molecule is O=[N+]([O-])c1cccnc1NCc1cc(F)ccc1Br. The van der Waals surface area contributed by atoms with Crippen LogP contribution in [0.4, 0.5) is 15.9 Å². The van der Waals surface area contributed by atoms with E-state index >= 15 is 0 Å². The van der Waals surface area contributed by atoms with Crippen LogP contribution in [0.5, 0.6) is 0 Å². The quantitative estimate of drug-likeness (QED) is 0.690. The number of nitro groups is 1. The largest absolute Gasteiger partial charge is 0.360 e. The summed E-state index contributed by atoms with van der Waals surface area (Å²) in [6.07, 6.45) is 1.45. The van der Waals surface area contributed by atoms with Gasteiger partial charge in [-0.15, -0.1) is 0 Å². The van der Waals surface area contributed by atoms with E-state index in [4.69, 9.17) is 0 Å². The van der Waals surface area contributed by atoms with Gasteiger partial charge in [-0.05, 0) is 29.8 Å². The Morgan fingerprint density at radius 2 is 2.21 bits per heavy atom. The van der Waals surface area contributed by atoms with Gasteiger partial charge >= 0.3 is 5.69 Å². The van der Waals surface area contributed by atoms with Crippen molar-refractivity contribution in [3.63, 3.8) is 0 Å². The number of hydrogen-bond acceptors (Lipinski definition) is 4. The van der Waals surface area contributed by atoms with Crippen molar-refractivity contribution in [3.8, 4) is 0 Å². The van der Waals surface area contributed by atoms with Crippen LogP contribution in [0.3, 0.4) is 0 Å². The number of nitrogens with zero attached hydrogens (tertiary/aromatic N) is 2. The first kappa shape index (κ1) is 13.4. The molecule has 0 aliphatic carbocycles. The van der Waals surface area contributed by atoms with Crippen LogP contribution < -0.4 is 5.32 Å². The standard InChI is InChI=1S/C12H9BrFN3O2/c13-10-4-3-9(14)6-8(10)7-16-12-11(17(18)19)2-1-5-15-12/h1-6H,7H2,(H,15,16). The maximum atomic E-state index is 13.1. The summed E-state index contributed by atoms with van der Waals surface area (Å²) >= 11 is 3.29. The third-order valence-electron chi connectivity index (χ3n) is 2.44. The molecule has 0 bridgehead atoms. The van der Waals surface area contributed by atoms with Crippen molar-refractivity contribution < 1.29 is 9.31 Å². The average molecular weight is 326 g/mol. The number of benzene rings is 1. The second kappa shape index (κ2) is 5.75. The van der Waals surface area contributed by atoms with E-state index in [9.17, 15) is 14.5 Å². The molecule has 7 heteroatoms. The number of hydrogen-bond donors (Lipinski definition) is 1. The minimum atomic E-state index is -0.518. The summed E-state index contributed by atoms with van der Waals surface area (Å²) in [5.74, 6) is -0.209. The Labute approximate surface area is 116 Å². The molecule has 0 spiro atoms. The molecule has 98 valence electrons. The van der Waals surface area contributed by atoms with Crippen molar-refractivity contribution in [1.82, 2.24) is 4.98 Å². The van der Waals surface area contributed by atoms with Crippen LogP contribution in [0.1, 0.15) is 5.56 Å². The molecule has 0 radical (unpaired) electrons. The van der Waals surface area contributed by atoms with Gasteiger partial charge < -0.3 is 5.32 Å². The highest BCUT2D eigenvalue weighted by Crippen LogP contribution is 2.23. The minimum Gasteiger partial charge on any atom is -0.360 e. The van der Waals surface area contributed by atoms with E-state index in [0.29, 0.717) is 5.56 Å². The second-order valence-corrected chi connectivity index (χ2v) is 4.57. The molecule has 1 heterocycles. The lowest BCUT2D eigenvalue weighted by atomic mass is 10.2. The van der Waals surface area contributed by atoms with Crippen LogP contribution >= 0.6 is 15.9 Å². The zero-order valence-corrected chi connectivity index (χ0v) is 11.2. The zero-order valence-electron chi connectivity index (χ0n) is 9.64. The first-order valence-corrected chi connectivity index (χ1v) is 6.14. The lowest BCUT2D eigenvalue weighted by Gasteiger charge is -2.07. The molecule has 0 aliphatic heterocycles. The van der Waals surface area contributed by atoms with Gasteiger partial charge in [0.05, 0.1) is 4.92 Å². The van der Waals surface area contributed by atoms with Gasteiger partial charge in [0.25, 0.3) is 0 Å². The number of anilines is 1. The van der Waals surface area contributed by atoms with Crippen LogP contribution in [-0.2, 0) is 6.54 Å². The normalized spacial score (nSPS) is 10.2. The summed E-state index contributed by atoms with van der Waals surface area (Å²) in [4.78, 5) is 14.2. The van der Waals surface area contributed by atoms with Crippen LogP contribution in [0, 0.1) is 15.9 Å². The third-order valence-corrected chi connectivity index (χ3v) is 3.21. The zero-order chi connectivity index (χ0) is 13.8. The van der Waals surface area contributed by atoms with Crippen LogP contribution in [-0.4, -0.2) is 9.91 Å². The van der Waals surface area contributed by atoms with E-state index in [1.54, 1.807) is 6.07 Å². The van der Waals surface area contributed by atoms with E-state index in [2.05, 4.69) is 26.2 Å². The van der Waals surface area contributed by atoms with Gasteiger partial charge in [-0.2, -0.15) is 0 Å². The average Bonchev–Trinajstić information content (AvgIpc) is 2.40. The van der Waals surface area contributed by atoms with Gasteiger partial charge in [0.15, 0.2) is 0 Å². The predicted molar refractivity (Wildman–Crippen MR) is 72.3 cm³/mol. The Balaban J connectivity index is 2.19. The van der Waals surface area contributed by atoms with Gasteiger partial charge in [0, 0.05) is 23.3 Å². The van der Waals surface area contributed by atoms with Crippen molar-refractivity contribution in [3.05, 3.63) is 62.5 Å². The Hall–Kier alpha value is -2.02. The number of aromatic nitrogens is 1. The van der Waals surface area contributed by atoms with Gasteiger partial charge in [-0.3, -0.25) is 10.1 Å². The van der Waals surface area contributed by atoms with Crippen LogP contribution in [0.2, 0.25) is 0 Å². The van der Waals surface area contributed by atoms with E-state index in [1.165, 1.54) is 30.5 Å². The number of pyridine rings is 1. The molecular formula is C12H9BrFN3O2. The fourth-order valence-electron chi connectivity index (χ4n) is 1.54. The third kappa shape index (κ3) is 3.25. The lowest BCUT2D eigenvalue weighted by Crippen LogP contribution is -2.05. The summed E-state index contributed by atoms with van der Waals surface area (Å²) in [5.41, 5.74) is 0.537. The molecule has 0 aliphatic rings. The van der Waals surface area contributed by atoms with Crippen molar-refractivity contribution >= 4 is 27.4 Å². The molecule has 0 saturated heterocycles. The van der Waals surface area contributed by atoms with E-state index < -0.39 is 4.92 Å². The van der Waals surface area contributed by atoms with Crippen LogP contribution in [0.25, 0.3) is 0 Å². The molecule has 2 aromatic rings. The van der Waals surface area contributed by atoms with E-state index in [-0.39, 0.29) is 23.9 Å². The fraction of sp³-hybridized carbons (Fsp3) is 0.0833. The highest BCUT2D eigenvalue weighted by atomic mass is 79.9. The maximum absolute atomic E-state index is 13.1. The molecule has 1 aromatic carbocycles. The molecule has 2 rings (SSSR count). The molecule has 1 aromatic heterocycles. The summed E-state index contributed by atoms with van der Waals surface area (Å²) in [6, 6.07) is 7.11. The first-order valence-electron chi connectivity index (χ1n) is 5.35. The van der Waals surface area contributed by atoms with E-state index in [1.807, 2.05) is 0 Å². The molecule has 0 fully saturated rings. The molecule has 19 heavy (non-hydrogen) atoms. The Bertz CT molecular complexity index is 622. The second-order valence-electron chi connectivity index (χ2n) is 3.72. The highest BCUT2D eigenvalue weighted by Gasteiger charge is 2.14. The van der Waals surface area contributed by atoms with E-state index in [0.717, 1.165) is 4.47 Å². The van der Waals surface area contributed by atoms with Crippen LogP contribution in [0.15, 0.2) is 41.0 Å². The Morgan fingerprint density at radius 1 is 1.42 bits per heavy atom. The fourth-order valence-corrected chi connectivity index (χ4v) is 1.92. The van der Waals surface area contributed by atoms with Crippen molar-refractivity contribution in [2.24, 2.45) is 0 Å². The molecule has 0 saturated carbocycles. The summed E-state index contributed by atoms with van der Waals surface area (Å²) in [6.45, 7) is 0.232. The van der Waals surface area contributed by atoms with Gasteiger partial charge in [0.1, 0.15) is 5.82 Å². The monoisotopic (exact) mass is 325 g/mol. The lowest BCUT2D eigenvalue weighted by molar-refractivity contribution is -0.384. The van der Waals surface area contributed by atoms with Gasteiger partial charge in [0.2, 0.25) is 5.82 Å². The maximum Gasteiger partial charge on any atom is 0.311 e. The summed E-state index contributed by atoms with van der Waals surface area (Å²) in [7, 11) is 0. The molecule has 0 atom stereocenters. The Kier molecular flexibility index (Phi) is 4.06. The smallest absolute Gasteiger partial charge is 0.311 e. The molecule has 1 N–H and O–H groups in total. The summed E-state index contributed by atoms with van der Waals surface area (Å²) in [5, 5.41) is 13.6. The molecule has 0 unspecified atom stereocenters. The van der Waals surface area contributed by atoms with Crippen molar-refractivity contribution in [2.75, 3.05) is 5.32 Å². The first-order chi connectivity index (χ1) is 9.08. The molecule has 0 amide bonds. The highest BCUT2D eigenvalue weighted by molar-refractivity contribution is 9.10. The van der Waals surface area contributed by atoms with Crippen molar-refractivity contribution in [1.29, 1.82) is 0 Å². The number of nitrogens with one attached hydrogen (secondary N) is 1. The molecule has 5 nitrogen and oxygen atoms in total.